The quantitative estimate of drug-likeness (QED) is 0.624. The van der Waals surface area contributed by atoms with Crippen molar-refractivity contribution in [1.82, 2.24) is 5.32 Å². The zero-order valence-electron chi connectivity index (χ0n) is 10.0. The Balaban J connectivity index is 2.35. The molecule has 0 bridgehead atoms. The van der Waals surface area contributed by atoms with Gasteiger partial charge in [0, 0.05) is 12.1 Å². The second-order valence-corrected chi connectivity index (χ2v) is 4.05. The van der Waals surface area contributed by atoms with Gasteiger partial charge in [0.05, 0.1) is 24.5 Å². The number of rotatable bonds is 3. The lowest BCUT2D eigenvalue weighted by Crippen LogP contribution is -2.51. The average Bonchev–Trinajstić information content (AvgIpc) is 2.30. The maximum Gasteiger partial charge on any atom is 0.387 e. The molecule has 6 nitrogen and oxygen atoms in total. The molecule has 0 radical (unpaired) electrons. The van der Waals surface area contributed by atoms with E-state index in [4.69, 9.17) is 5.73 Å². The maximum absolute atomic E-state index is 13.4. The first-order valence-electron chi connectivity index (χ1n) is 5.48. The summed E-state index contributed by atoms with van der Waals surface area (Å²) in [5.41, 5.74) is 5.56. The zero-order valence-corrected chi connectivity index (χ0v) is 10.0. The molecule has 1 aromatic carbocycles. The molecule has 0 unspecified atom stereocenters. The third-order valence-corrected chi connectivity index (χ3v) is 2.59. The fraction of sp³-hybridized carbons (Fsp3) is 0.273. The summed E-state index contributed by atoms with van der Waals surface area (Å²) in [6.45, 7) is -3.60. The van der Waals surface area contributed by atoms with E-state index in [1.807, 2.05) is 0 Å². The van der Waals surface area contributed by atoms with Crippen LogP contribution in [0.2, 0.25) is 0 Å². The van der Waals surface area contributed by atoms with E-state index in [1.54, 1.807) is 0 Å². The zero-order chi connectivity index (χ0) is 14.9. The molecule has 9 heteroatoms. The van der Waals surface area contributed by atoms with Gasteiger partial charge in [-0.2, -0.15) is 8.78 Å². The Morgan fingerprint density at radius 2 is 1.85 bits per heavy atom. The van der Waals surface area contributed by atoms with E-state index in [2.05, 4.69) is 10.1 Å². The first-order valence-corrected chi connectivity index (χ1v) is 5.48. The number of anilines is 2. The molecule has 1 aromatic rings. The summed E-state index contributed by atoms with van der Waals surface area (Å²) in [6, 6.07) is 1.73. The molecule has 3 N–H and O–H groups in total. The van der Waals surface area contributed by atoms with Crippen LogP contribution in [0, 0.1) is 5.82 Å². The highest BCUT2D eigenvalue weighted by Crippen LogP contribution is 2.32. The summed E-state index contributed by atoms with van der Waals surface area (Å²) in [7, 11) is 0. The van der Waals surface area contributed by atoms with Crippen molar-refractivity contribution in [3.8, 4) is 5.75 Å². The second-order valence-electron chi connectivity index (χ2n) is 4.05. The third kappa shape index (κ3) is 2.92. The Morgan fingerprint density at radius 3 is 2.40 bits per heavy atom. The highest BCUT2D eigenvalue weighted by molar-refractivity contribution is 6.03. The summed E-state index contributed by atoms with van der Waals surface area (Å²) < 4.78 is 41.7. The number of hydrogen-bond donors (Lipinski definition) is 2. The average molecular weight is 289 g/mol. The van der Waals surface area contributed by atoms with Crippen LogP contribution in [-0.4, -0.2) is 31.5 Å². The summed E-state index contributed by atoms with van der Waals surface area (Å²) in [5, 5.41) is 2.07. The summed E-state index contributed by atoms with van der Waals surface area (Å²) in [5.74, 6) is -2.90. The van der Waals surface area contributed by atoms with E-state index >= 15 is 0 Å². The number of piperazine rings is 1. The number of ether oxygens (including phenoxy) is 1. The number of alkyl halides is 2. The lowest BCUT2D eigenvalue weighted by molar-refractivity contribution is -0.130. The predicted molar refractivity (Wildman–Crippen MR) is 62.8 cm³/mol. The van der Waals surface area contributed by atoms with Crippen LogP contribution in [0.25, 0.3) is 0 Å². The number of imide groups is 1. The van der Waals surface area contributed by atoms with Gasteiger partial charge in [0.1, 0.15) is 0 Å². The predicted octanol–water partition coefficient (Wildman–Crippen LogP) is 0.472. The monoisotopic (exact) mass is 289 g/mol. The molecule has 1 fully saturated rings. The molecule has 1 saturated heterocycles. The second kappa shape index (κ2) is 5.27. The van der Waals surface area contributed by atoms with Gasteiger partial charge in [0.2, 0.25) is 11.8 Å². The first kappa shape index (κ1) is 14.0. The van der Waals surface area contributed by atoms with E-state index in [-0.39, 0.29) is 24.5 Å². The van der Waals surface area contributed by atoms with Gasteiger partial charge in [-0.15, -0.1) is 0 Å². The van der Waals surface area contributed by atoms with Crippen molar-refractivity contribution in [2.45, 2.75) is 6.61 Å². The Morgan fingerprint density at radius 1 is 1.25 bits per heavy atom. The number of carbonyl (C=O) groups excluding carboxylic acids is 2. The number of nitrogens with one attached hydrogen (secondary N) is 1. The molecule has 2 amide bonds. The Kier molecular flexibility index (Phi) is 3.68. The number of hydrogen-bond acceptors (Lipinski definition) is 5. The van der Waals surface area contributed by atoms with Crippen LogP contribution in [0.3, 0.4) is 0 Å². The van der Waals surface area contributed by atoms with Gasteiger partial charge < -0.3 is 15.4 Å². The van der Waals surface area contributed by atoms with Crippen LogP contribution in [0.1, 0.15) is 0 Å². The van der Waals surface area contributed by atoms with Crippen LogP contribution < -0.4 is 20.7 Å². The van der Waals surface area contributed by atoms with Crippen molar-refractivity contribution in [3.05, 3.63) is 17.9 Å². The summed E-state index contributed by atoms with van der Waals surface area (Å²) >= 11 is 0. The molecular weight excluding hydrogens is 279 g/mol. The molecule has 1 heterocycles. The van der Waals surface area contributed by atoms with Crippen LogP contribution in [0.5, 0.6) is 5.75 Å². The fourth-order valence-electron chi connectivity index (χ4n) is 1.83. The SMILES string of the molecule is Nc1cc(F)c(OC(F)F)cc1N1CC(=O)NC(=O)C1. The van der Waals surface area contributed by atoms with Crippen molar-refractivity contribution < 1.29 is 27.5 Å². The minimum atomic E-state index is -3.20. The van der Waals surface area contributed by atoms with E-state index < -0.39 is 30.0 Å². The van der Waals surface area contributed by atoms with Crippen LogP contribution in [0.4, 0.5) is 24.5 Å². The molecule has 1 aliphatic rings. The van der Waals surface area contributed by atoms with Gasteiger partial charge in [-0.05, 0) is 0 Å². The van der Waals surface area contributed by atoms with Gasteiger partial charge in [-0.25, -0.2) is 4.39 Å². The molecule has 0 spiro atoms. The molecule has 1 aliphatic heterocycles. The van der Waals surface area contributed by atoms with Crippen LogP contribution >= 0.6 is 0 Å². The molecule has 0 aromatic heterocycles. The Labute approximate surface area is 111 Å². The van der Waals surface area contributed by atoms with Crippen molar-refractivity contribution >= 4 is 23.2 Å². The fourth-order valence-corrected chi connectivity index (χ4v) is 1.83. The first-order chi connectivity index (χ1) is 9.36. The van der Waals surface area contributed by atoms with Gasteiger partial charge in [0.25, 0.3) is 0 Å². The van der Waals surface area contributed by atoms with Crippen molar-refractivity contribution in [2.24, 2.45) is 0 Å². The van der Waals surface area contributed by atoms with E-state index in [1.165, 1.54) is 4.90 Å². The van der Waals surface area contributed by atoms with E-state index in [0.29, 0.717) is 0 Å². The molecule has 2 rings (SSSR count). The normalized spacial score (nSPS) is 15.5. The van der Waals surface area contributed by atoms with Gasteiger partial charge in [-0.1, -0.05) is 0 Å². The topological polar surface area (TPSA) is 84.7 Å². The molecule has 0 saturated carbocycles. The summed E-state index contributed by atoms with van der Waals surface area (Å²) in [6.07, 6.45) is 0. The van der Waals surface area contributed by atoms with Crippen molar-refractivity contribution in [2.75, 3.05) is 23.7 Å². The maximum atomic E-state index is 13.4. The standard InChI is InChI=1S/C11H10F3N3O3/c12-5-1-6(15)7(2-8(5)20-11(13)14)17-3-9(18)16-10(19)4-17/h1-2,11H,3-4,15H2,(H,16,18,19). The number of carbonyl (C=O) groups is 2. The molecule has 0 atom stereocenters. The Bertz CT molecular complexity index is 549. The minimum absolute atomic E-state index is 0.0743. The number of benzene rings is 1. The lowest BCUT2D eigenvalue weighted by atomic mass is 10.2. The molecule has 108 valence electrons. The highest BCUT2D eigenvalue weighted by Gasteiger charge is 2.25. The van der Waals surface area contributed by atoms with Crippen molar-refractivity contribution in [3.63, 3.8) is 0 Å². The summed E-state index contributed by atoms with van der Waals surface area (Å²) in [4.78, 5) is 23.8. The Hall–Kier alpha value is -2.45. The number of nitrogens with zero attached hydrogens (tertiary/aromatic N) is 1. The number of halogens is 3. The third-order valence-electron chi connectivity index (χ3n) is 2.59. The molecule has 20 heavy (non-hydrogen) atoms. The molecule has 0 aliphatic carbocycles. The van der Waals surface area contributed by atoms with Gasteiger partial charge >= 0.3 is 6.61 Å². The van der Waals surface area contributed by atoms with Gasteiger partial charge in [0.15, 0.2) is 11.6 Å². The highest BCUT2D eigenvalue weighted by atomic mass is 19.3. The van der Waals surface area contributed by atoms with Crippen LogP contribution in [0.15, 0.2) is 12.1 Å². The largest absolute Gasteiger partial charge is 0.432 e. The van der Waals surface area contributed by atoms with Crippen molar-refractivity contribution in [1.29, 1.82) is 0 Å². The number of amides is 2. The number of nitrogen functional groups attached to an aromatic ring is 1. The smallest absolute Gasteiger partial charge is 0.387 e. The number of nitrogens with two attached hydrogens (primary N) is 1. The molecular formula is C11H10F3N3O3. The van der Waals surface area contributed by atoms with E-state index in [9.17, 15) is 22.8 Å². The minimum Gasteiger partial charge on any atom is -0.432 e. The van der Waals surface area contributed by atoms with Crippen LogP contribution in [-0.2, 0) is 9.59 Å². The van der Waals surface area contributed by atoms with E-state index in [0.717, 1.165) is 12.1 Å². The van der Waals surface area contributed by atoms with Gasteiger partial charge in [-0.3, -0.25) is 14.9 Å². The lowest BCUT2D eigenvalue weighted by Gasteiger charge is -2.28.